The van der Waals surface area contributed by atoms with E-state index in [0.717, 1.165) is 5.56 Å². The third-order valence-corrected chi connectivity index (χ3v) is 1.71. The lowest BCUT2D eigenvalue weighted by molar-refractivity contribution is -0.138. The Bertz CT molecular complexity index is 299. The standard InChI is InChI=1S/C9H11NO3.ClH/c10-8(9(12)13)5-6-1-3-7(11)4-2-6;/h1-4,8,11H,5,10H2,(H,12,13);1H/t8-;/m0./s1/i1+2,2+2,3+2,4+2,5+2,6+2,7+2,8+2,9+2;. The number of hydrogen-bond acceptors (Lipinski definition) is 3. The molecule has 1 aromatic rings. The molecule has 4 nitrogen and oxygen atoms in total. The highest BCUT2D eigenvalue weighted by Gasteiger charge is 2.11. The van der Waals surface area contributed by atoms with E-state index in [9.17, 15) is 4.79 Å². The first-order chi connectivity index (χ1) is 6.09. The van der Waals surface area contributed by atoms with Crippen molar-refractivity contribution in [3.63, 3.8) is 0 Å². The fraction of sp³-hybridized carbons (Fsp3) is 0.222. The van der Waals surface area contributed by atoms with E-state index >= 15 is 0 Å². The van der Waals surface area contributed by atoms with Gasteiger partial charge in [-0.05, 0) is 24.1 Å². The molecular formula is C9H12ClNO3. The summed E-state index contributed by atoms with van der Waals surface area (Å²) in [7, 11) is 0. The van der Waals surface area contributed by atoms with Crippen molar-refractivity contribution in [3.8, 4) is 5.75 Å². The van der Waals surface area contributed by atoms with Gasteiger partial charge in [0.25, 0.3) is 0 Å². The first kappa shape index (κ1) is 12.7. The molecule has 0 saturated carbocycles. The van der Waals surface area contributed by atoms with Crippen LogP contribution >= 0.6 is 12.4 Å². The third kappa shape index (κ3) is 3.64. The van der Waals surface area contributed by atoms with Crippen LogP contribution in [0.1, 0.15) is 5.56 Å². The van der Waals surface area contributed by atoms with Crippen LogP contribution in [0, 0.1) is 0 Å². The molecule has 14 heavy (non-hydrogen) atoms. The molecule has 0 aliphatic carbocycles. The first-order valence-electron chi connectivity index (χ1n) is 3.86. The van der Waals surface area contributed by atoms with E-state index in [2.05, 4.69) is 0 Å². The number of carboxylic acid groups (broad SMARTS) is 1. The van der Waals surface area contributed by atoms with Crippen LogP contribution in [-0.2, 0) is 11.2 Å². The summed E-state index contributed by atoms with van der Waals surface area (Å²) in [5.74, 6) is -0.860. The molecule has 5 heteroatoms. The quantitative estimate of drug-likeness (QED) is 0.723. The number of benzene rings is 1. The SMILES string of the molecule is Cl.N[14C@@H]([14CH2][14c]1[14cH][14cH][14c](O)[14cH][14cH]1)[14C](=O)O. The van der Waals surface area contributed by atoms with Gasteiger partial charge in [0.15, 0.2) is 0 Å². The Morgan fingerprint density at radius 1 is 1.36 bits per heavy atom. The summed E-state index contributed by atoms with van der Waals surface area (Å²) in [6, 6.07) is 5.42. The average Bonchev–Trinajstić information content (AvgIpc) is 2.08. The van der Waals surface area contributed by atoms with Crippen LogP contribution in [0.5, 0.6) is 5.75 Å². The highest BCUT2D eigenvalue weighted by atomic mass is 35.5. The fourth-order valence-corrected chi connectivity index (χ4v) is 0.973. The highest BCUT2D eigenvalue weighted by molar-refractivity contribution is 5.85. The lowest BCUT2D eigenvalue weighted by Gasteiger charge is -2.05. The van der Waals surface area contributed by atoms with Crippen LogP contribution in [0.4, 0.5) is 0 Å². The molecule has 0 aliphatic rings. The van der Waals surface area contributed by atoms with E-state index in [1.165, 1.54) is 12.1 Å². The van der Waals surface area contributed by atoms with Gasteiger partial charge >= 0.3 is 5.97 Å². The van der Waals surface area contributed by atoms with E-state index in [1.807, 2.05) is 0 Å². The topological polar surface area (TPSA) is 83.5 Å². The van der Waals surface area contributed by atoms with Crippen molar-refractivity contribution in [2.45, 2.75) is 12.5 Å². The number of carboxylic acids is 1. The van der Waals surface area contributed by atoms with Gasteiger partial charge in [0, 0.05) is 0 Å². The minimum atomic E-state index is -1.02. The summed E-state index contributed by atoms with van der Waals surface area (Å²) in [6.45, 7) is 0. The molecule has 0 aliphatic heterocycles. The molecule has 0 aromatic heterocycles. The van der Waals surface area contributed by atoms with Crippen LogP contribution in [0.3, 0.4) is 0 Å². The highest BCUT2D eigenvalue weighted by Crippen LogP contribution is 2.10. The molecule has 0 fully saturated rings. The number of halogens is 1. The van der Waals surface area contributed by atoms with Gasteiger partial charge in [0.2, 0.25) is 0 Å². The molecule has 0 heterocycles. The molecule has 0 radical (unpaired) electrons. The van der Waals surface area contributed by atoms with Gasteiger partial charge in [0.1, 0.15) is 11.8 Å². The lowest BCUT2D eigenvalue weighted by atomic mass is 12.0. The zero-order chi connectivity index (χ0) is 9.84. The molecule has 0 spiro atoms. The molecule has 4 N–H and O–H groups in total. The normalized spacial score (nSPS) is 11.5. The van der Waals surface area contributed by atoms with Gasteiger partial charge in [-0.2, -0.15) is 0 Å². The van der Waals surface area contributed by atoms with E-state index < -0.39 is 12.0 Å². The smallest absolute Gasteiger partial charge is 0.320 e. The Morgan fingerprint density at radius 3 is 2.29 bits per heavy atom. The summed E-state index contributed by atoms with van der Waals surface area (Å²) >= 11 is 0. The zero-order valence-corrected chi connectivity index (χ0v) is 8.20. The molecule has 0 bridgehead atoms. The fourth-order valence-electron chi connectivity index (χ4n) is 0.973. The maximum atomic E-state index is 10.4. The number of carbonyl (C=O) groups is 1. The maximum absolute atomic E-state index is 10.4. The van der Waals surface area contributed by atoms with Gasteiger partial charge in [-0.15, -0.1) is 12.4 Å². The Balaban J connectivity index is 0.00000169. The molecule has 1 atom stereocenters. The molecule has 0 unspecified atom stereocenters. The predicted molar refractivity (Wildman–Crippen MR) is 54.7 cm³/mol. The Kier molecular flexibility index (Phi) is 4.97. The molecule has 78 valence electrons. The second-order valence-corrected chi connectivity index (χ2v) is 2.82. The van der Waals surface area contributed by atoms with Crippen molar-refractivity contribution in [1.82, 2.24) is 0 Å². The largest absolute Gasteiger partial charge is 0.508 e. The van der Waals surface area contributed by atoms with Gasteiger partial charge in [-0.1, -0.05) is 12.1 Å². The summed E-state index contributed by atoms with van der Waals surface area (Å²) in [5.41, 5.74) is 6.12. The van der Waals surface area contributed by atoms with E-state index in [1.54, 1.807) is 12.1 Å². The van der Waals surface area contributed by atoms with Gasteiger partial charge in [-0.25, -0.2) is 0 Å². The summed E-state index contributed by atoms with van der Waals surface area (Å²) in [4.78, 5) is 10.4. The van der Waals surface area contributed by atoms with E-state index in [4.69, 9.17) is 15.9 Å². The minimum absolute atomic E-state index is 0. The Morgan fingerprint density at radius 2 is 1.86 bits per heavy atom. The second-order valence-electron chi connectivity index (χ2n) is 2.82. The first-order valence-corrected chi connectivity index (χ1v) is 3.86. The predicted octanol–water partition coefficient (Wildman–Crippen LogP) is 0.768. The van der Waals surface area contributed by atoms with Crippen molar-refractivity contribution >= 4 is 18.4 Å². The van der Waals surface area contributed by atoms with Crippen molar-refractivity contribution in [2.24, 2.45) is 5.73 Å². The number of aliphatic carboxylic acids is 1. The van der Waals surface area contributed by atoms with Crippen molar-refractivity contribution in [3.05, 3.63) is 29.8 Å². The summed E-state index contributed by atoms with van der Waals surface area (Å²) in [6.07, 6.45) is 0.273. The van der Waals surface area contributed by atoms with Crippen LogP contribution in [0.2, 0.25) is 0 Å². The van der Waals surface area contributed by atoms with Crippen molar-refractivity contribution in [1.29, 1.82) is 0 Å². The van der Waals surface area contributed by atoms with Crippen LogP contribution in [-0.4, -0.2) is 22.2 Å². The number of aromatic hydroxyl groups is 1. The van der Waals surface area contributed by atoms with Gasteiger partial charge < -0.3 is 15.9 Å². The summed E-state index contributed by atoms with van der Waals surface area (Å²) in [5, 5.41) is 17.5. The third-order valence-electron chi connectivity index (χ3n) is 1.71. The van der Waals surface area contributed by atoms with E-state index in [-0.39, 0.29) is 24.6 Å². The van der Waals surface area contributed by atoms with Gasteiger partial charge in [0.05, 0.1) is 0 Å². The number of rotatable bonds is 3. The zero-order valence-electron chi connectivity index (χ0n) is 7.38. The van der Waals surface area contributed by atoms with Gasteiger partial charge in [-0.3, -0.25) is 4.79 Å². The molecule has 1 aromatic carbocycles. The Hall–Kier alpha value is -1.26. The minimum Gasteiger partial charge on any atom is -0.508 e. The summed E-state index contributed by atoms with van der Waals surface area (Å²) < 4.78 is 0. The van der Waals surface area contributed by atoms with E-state index in [0.29, 0.717) is 0 Å². The van der Waals surface area contributed by atoms with Crippen LogP contribution in [0.15, 0.2) is 24.3 Å². The number of hydrogen-bond donors (Lipinski definition) is 3. The maximum Gasteiger partial charge on any atom is 0.320 e. The molecule has 0 amide bonds. The molecule has 0 saturated heterocycles. The van der Waals surface area contributed by atoms with Crippen molar-refractivity contribution in [2.75, 3.05) is 0 Å². The number of nitrogens with two attached hydrogens (primary N) is 1. The molecule has 1 rings (SSSR count). The molecular weight excluding hydrogens is 223 g/mol. The van der Waals surface area contributed by atoms with Crippen LogP contribution < -0.4 is 5.73 Å². The lowest BCUT2D eigenvalue weighted by Crippen LogP contribution is -2.32. The second kappa shape index (κ2) is 5.47. The average molecular weight is 236 g/mol. The Labute approximate surface area is 87.8 Å². The number of phenols is 1. The number of phenolic OH excluding ortho intramolecular Hbond substituents is 1. The monoisotopic (exact) mass is 235 g/mol. The van der Waals surface area contributed by atoms with Crippen molar-refractivity contribution < 1.29 is 15.0 Å². The van der Waals surface area contributed by atoms with Crippen LogP contribution in [0.25, 0.3) is 0 Å².